The van der Waals surface area contributed by atoms with Crippen molar-refractivity contribution in [2.24, 2.45) is 5.73 Å². The highest BCUT2D eigenvalue weighted by Crippen LogP contribution is 2.08. The normalized spacial score (nSPS) is 11.4. The fourth-order valence-electron chi connectivity index (χ4n) is 3.26. The van der Waals surface area contributed by atoms with Crippen LogP contribution in [0.5, 0.6) is 0 Å². The average molecular weight is 543 g/mol. The zero-order valence-corrected chi connectivity index (χ0v) is 21.9. The van der Waals surface area contributed by atoms with Crippen molar-refractivity contribution in [3.8, 4) is 0 Å². The maximum atomic E-state index is 12.4. The molecule has 4 N–H and O–H groups in total. The molecule has 3 aromatic carbocycles. The van der Waals surface area contributed by atoms with Crippen molar-refractivity contribution in [2.45, 2.75) is 44.3 Å². The summed E-state index contributed by atoms with van der Waals surface area (Å²) in [6, 6.07) is 26.5. The van der Waals surface area contributed by atoms with Crippen LogP contribution in [-0.4, -0.2) is 37.6 Å². The topological polar surface area (TPSA) is 145 Å². The van der Waals surface area contributed by atoms with Crippen molar-refractivity contribution in [2.75, 3.05) is 6.54 Å². The molecule has 3 rings (SSSR count). The van der Waals surface area contributed by atoms with Crippen LogP contribution in [-0.2, 0) is 43.4 Å². The summed E-state index contributed by atoms with van der Waals surface area (Å²) in [5.74, 6) is -0.791. The van der Waals surface area contributed by atoms with Gasteiger partial charge in [0.15, 0.2) is 0 Å². The summed E-state index contributed by atoms with van der Waals surface area (Å²) in [7, 11) is -3.88. The molecule has 1 atom stereocenters. The van der Waals surface area contributed by atoms with Crippen LogP contribution in [0.15, 0.2) is 91.0 Å². The number of alkyl carbamates (subject to hydrolysis) is 1. The van der Waals surface area contributed by atoms with E-state index < -0.39 is 28.2 Å². The lowest BCUT2D eigenvalue weighted by molar-refractivity contribution is -0.147. The van der Waals surface area contributed by atoms with E-state index in [0.717, 1.165) is 17.5 Å². The van der Waals surface area contributed by atoms with Crippen molar-refractivity contribution in [1.82, 2.24) is 5.32 Å². The minimum atomic E-state index is -3.88. The Morgan fingerprint density at radius 1 is 0.763 bits per heavy atom. The number of ether oxygens (including phenoxy) is 2. The Morgan fingerprint density at radius 3 is 1.71 bits per heavy atom. The van der Waals surface area contributed by atoms with Crippen molar-refractivity contribution in [1.29, 1.82) is 0 Å². The summed E-state index contributed by atoms with van der Waals surface area (Å²) < 4.78 is 39.7. The van der Waals surface area contributed by atoms with Gasteiger partial charge in [0.2, 0.25) is 0 Å². The zero-order chi connectivity index (χ0) is 27.6. The smallest absolute Gasteiger partial charge is 0.408 e. The first kappa shape index (κ1) is 30.5. The third-order valence-corrected chi connectivity index (χ3v) is 5.85. The highest BCUT2D eigenvalue weighted by Gasteiger charge is 2.22. The van der Waals surface area contributed by atoms with E-state index in [1.807, 2.05) is 60.7 Å². The highest BCUT2D eigenvalue weighted by molar-refractivity contribution is 7.85. The summed E-state index contributed by atoms with van der Waals surface area (Å²) in [5.41, 5.74) is 7.86. The summed E-state index contributed by atoms with van der Waals surface area (Å²) in [4.78, 5) is 24.5. The molecule has 3 aromatic rings. The van der Waals surface area contributed by atoms with Crippen molar-refractivity contribution in [3.05, 3.63) is 108 Å². The van der Waals surface area contributed by atoms with Gasteiger partial charge in [-0.1, -0.05) is 91.0 Å². The molecule has 0 heterocycles. The van der Waals surface area contributed by atoms with Gasteiger partial charge < -0.3 is 20.5 Å². The number of rotatable bonds is 12. The largest absolute Gasteiger partial charge is 0.459 e. The number of nitrogens with two attached hydrogens (primary N) is 1. The van der Waals surface area contributed by atoms with Gasteiger partial charge in [0, 0.05) is 0 Å². The van der Waals surface area contributed by atoms with E-state index >= 15 is 0 Å². The number of carbonyl (C=O) groups is 2. The van der Waals surface area contributed by atoms with Gasteiger partial charge in [-0.3, -0.25) is 4.55 Å². The molecule has 0 saturated carbocycles. The van der Waals surface area contributed by atoms with E-state index in [1.165, 1.54) is 0 Å². The number of esters is 1. The molecular weight excluding hydrogens is 508 g/mol. The fourth-order valence-corrected chi connectivity index (χ4v) is 3.88. The SMILES string of the molecule is NCCCC[C@@H](NC(=O)OCc1ccccc1)C(=O)OCc1ccccc1.O=S(=O)(O)Cc1ccccc1. The molecule has 1 amide bonds. The molecule has 0 aliphatic heterocycles. The first-order chi connectivity index (χ1) is 18.3. The third-order valence-electron chi connectivity index (χ3n) is 5.15. The number of nitrogens with one attached hydrogen (secondary N) is 1. The van der Waals surface area contributed by atoms with Gasteiger partial charge >= 0.3 is 12.1 Å². The van der Waals surface area contributed by atoms with E-state index in [-0.39, 0.29) is 19.0 Å². The second-order valence-corrected chi connectivity index (χ2v) is 9.80. The van der Waals surface area contributed by atoms with E-state index in [0.29, 0.717) is 24.9 Å². The standard InChI is InChI=1S/C21H26N2O4.C7H8O3S/c22-14-8-7-13-19(20(24)26-15-17-9-3-1-4-10-17)23-21(25)27-16-18-11-5-2-6-12-18;8-11(9,10)6-7-4-2-1-3-5-7/h1-6,9-12,19H,7-8,13-16,22H2,(H,23,25);1-5H,6H2,(H,8,9,10)/t19-;/m1./s1. The average Bonchev–Trinajstić information content (AvgIpc) is 2.91. The summed E-state index contributed by atoms with van der Waals surface area (Å²) >= 11 is 0. The number of unbranched alkanes of at least 4 members (excludes halogenated alkanes) is 1. The quantitative estimate of drug-likeness (QED) is 0.175. The van der Waals surface area contributed by atoms with Crippen LogP contribution < -0.4 is 11.1 Å². The Morgan fingerprint density at radius 2 is 1.24 bits per heavy atom. The van der Waals surface area contributed by atoms with Crippen LogP contribution in [0.3, 0.4) is 0 Å². The van der Waals surface area contributed by atoms with Gasteiger partial charge in [0.25, 0.3) is 10.1 Å². The fraction of sp³-hybridized carbons (Fsp3) is 0.286. The molecule has 0 unspecified atom stereocenters. The summed E-state index contributed by atoms with van der Waals surface area (Å²) in [6.45, 7) is 0.833. The van der Waals surface area contributed by atoms with E-state index in [1.54, 1.807) is 30.3 Å². The predicted octanol–water partition coefficient (Wildman–Crippen LogP) is 4.23. The first-order valence-electron chi connectivity index (χ1n) is 12.1. The number of hydrogen-bond acceptors (Lipinski definition) is 7. The van der Waals surface area contributed by atoms with Crippen molar-refractivity contribution < 1.29 is 32.0 Å². The molecule has 0 radical (unpaired) electrons. The Labute approximate surface area is 223 Å². The van der Waals surface area contributed by atoms with Gasteiger partial charge in [0.1, 0.15) is 25.0 Å². The molecule has 204 valence electrons. The minimum absolute atomic E-state index is 0.140. The highest BCUT2D eigenvalue weighted by atomic mass is 32.2. The monoisotopic (exact) mass is 542 g/mol. The van der Waals surface area contributed by atoms with Crippen LogP contribution in [0.25, 0.3) is 0 Å². The molecular formula is C28H34N2O7S. The zero-order valence-electron chi connectivity index (χ0n) is 21.1. The van der Waals surface area contributed by atoms with Gasteiger partial charge in [0.05, 0.1) is 0 Å². The number of hydrogen-bond donors (Lipinski definition) is 3. The Kier molecular flexibility index (Phi) is 13.6. The Bertz CT molecular complexity index is 1190. The minimum Gasteiger partial charge on any atom is -0.459 e. The van der Waals surface area contributed by atoms with E-state index in [9.17, 15) is 18.0 Å². The van der Waals surface area contributed by atoms with Crippen LogP contribution in [0.4, 0.5) is 4.79 Å². The van der Waals surface area contributed by atoms with Crippen LogP contribution in [0, 0.1) is 0 Å². The van der Waals surface area contributed by atoms with E-state index in [4.69, 9.17) is 19.8 Å². The molecule has 0 spiro atoms. The number of benzene rings is 3. The van der Waals surface area contributed by atoms with Crippen LogP contribution in [0.1, 0.15) is 36.0 Å². The molecule has 0 aliphatic carbocycles. The van der Waals surface area contributed by atoms with Gasteiger partial charge in [-0.05, 0) is 42.5 Å². The lowest BCUT2D eigenvalue weighted by Gasteiger charge is -2.17. The van der Waals surface area contributed by atoms with Gasteiger partial charge in [-0.2, -0.15) is 8.42 Å². The Hall–Kier alpha value is -3.73. The number of amides is 1. The maximum Gasteiger partial charge on any atom is 0.408 e. The first-order valence-corrected chi connectivity index (χ1v) is 13.7. The number of carbonyl (C=O) groups excluding carboxylic acids is 2. The van der Waals surface area contributed by atoms with Crippen molar-refractivity contribution >= 4 is 22.2 Å². The predicted molar refractivity (Wildman–Crippen MR) is 144 cm³/mol. The molecule has 0 saturated heterocycles. The van der Waals surface area contributed by atoms with Crippen LogP contribution >= 0.6 is 0 Å². The molecule has 0 aromatic heterocycles. The second-order valence-electron chi connectivity index (χ2n) is 8.35. The molecule has 0 bridgehead atoms. The molecule has 38 heavy (non-hydrogen) atoms. The lowest BCUT2D eigenvalue weighted by Crippen LogP contribution is -2.42. The summed E-state index contributed by atoms with van der Waals surface area (Å²) in [5, 5.41) is 2.61. The molecule has 0 fully saturated rings. The van der Waals surface area contributed by atoms with Gasteiger partial charge in [-0.15, -0.1) is 0 Å². The molecule has 10 heteroatoms. The van der Waals surface area contributed by atoms with E-state index in [2.05, 4.69) is 5.32 Å². The Balaban J connectivity index is 0.000000384. The third kappa shape index (κ3) is 13.5. The second kappa shape index (κ2) is 16.9. The van der Waals surface area contributed by atoms with Gasteiger partial charge in [-0.25, -0.2) is 9.59 Å². The van der Waals surface area contributed by atoms with Crippen molar-refractivity contribution in [3.63, 3.8) is 0 Å². The molecule has 0 aliphatic rings. The summed E-state index contributed by atoms with van der Waals surface area (Å²) in [6.07, 6.45) is 1.28. The van der Waals surface area contributed by atoms with Crippen LogP contribution in [0.2, 0.25) is 0 Å². The lowest BCUT2D eigenvalue weighted by atomic mass is 10.1. The molecule has 9 nitrogen and oxygen atoms in total. The maximum absolute atomic E-state index is 12.4.